The first-order chi connectivity index (χ1) is 15.7. The Morgan fingerprint density at radius 1 is 1.00 bits per heavy atom. The first-order valence-corrected chi connectivity index (χ1v) is 10.7. The van der Waals surface area contributed by atoms with Crippen LogP contribution in [0.3, 0.4) is 0 Å². The third kappa shape index (κ3) is 5.04. The van der Waals surface area contributed by atoms with Crippen LogP contribution in [0.5, 0.6) is 0 Å². The monoisotopic (exact) mass is 470 g/mol. The van der Waals surface area contributed by atoms with Crippen LogP contribution in [0.25, 0.3) is 10.8 Å². The van der Waals surface area contributed by atoms with E-state index in [1.165, 1.54) is 19.1 Å². The van der Waals surface area contributed by atoms with Crippen LogP contribution in [0.1, 0.15) is 28.5 Å². The van der Waals surface area contributed by atoms with Crippen molar-refractivity contribution in [1.82, 2.24) is 4.98 Å². The van der Waals surface area contributed by atoms with E-state index in [0.29, 0.717) is 11.3 Å². The molecule has 0 unspecified atom stereocenters. The standard InChI is InChI=1S/C24H17F3N2O3S/c1-15(30)29(21-8-4-7-19(12-21)24(25,26)27)23-28-20(14-33-23)13-32-22(31)18-10-9-16-5-2-3-6-17(16)11-18/h2-12,14H,13H2,1H3. The highest BCUT2D eigenvalue weighted by Gasteiger charge is 2.31. The maximum Gasteiger partial charge on any atom is 0.416 e. The zero-order valence-corrected chi connectivity index (χ0v) is 18.1. The van der Waals surface area contributed by atoms with Gasteiger partial charge in [0.15, 0.2) is 5.13 Å². The van der Waals surface area contributed by atoms with E-state index in [1.54, 1.807) is 17.5 Å². The van der Waals surface area contributed by atoms with Gasteiger partial charge in [-0.3, -0.25) is 9.69 Å². The Morgan fingerprint density at radius 2 is 1.76 bits per heavy atom. The molecule has 9 heteroatoms. The number of halogens is 3. The number of anilines is 2. The van der Waals surface area contributed by atoms with Crippen LogP contribution >= 0.6 is 11.3 Å². The minimum absolute atomic E-state index is 0.0476. The summed E-state index contributed by atoms with van der Waals surface area (Å²) in [6.45, 7) is 1.09. The van der Waals surface area contributed by atoms with Crippen LogP contribution in [-0.2, 0) is 22.3 Å². The topological polar surface area (TPSA) is 59.5 Å². The van der Waals surface area contributed by atoms with E-state index in [2.05, 4.69) is 4.98 Å². The van der Waals surface area contributed by atoms with Crippen molar-refractivity contribution in [3.63, 3.8) is 0 Å². The second-order valence-electron chi connectivity index (χ2n) is 7.16. The predicted molar refractivity (Wildman–Crippen MR) is 119 cm³/mol. The first-order valence-electron chi connectivity index (χ1n) is 9.80. The number of ether oxygens (including phenoxy) is 1. The molecule has 0 aliphatic heterocycles. The number of hydrogen-bond donors (Lipinski definition) is 0. The fourth-order valence-corrected chi connectivity index (χ4v) is 4.12. The number of nitrogens with zero attached hydrogens (tertiary/aromatic N) is 2. The van der Waals surface area contributed by atoms with Gasteiger partial charge in [-0.1, -0.05) is 36.4 Å². The Morgan fingerprint density at radius 3 is 2.48 bits per heavy atom. The molecule has 0 saturated carbocycles. The highest BCUT2D eigenvalue weighted by atomic mass is 32.1. The van der Waals surface area contributed by atoms with Gasteiger partial charge in [0.05, 0.1) is 22.5 Å². The lowest BCUT2D eigenvalue weighted by Gasteiger charge is -2.19. The number of fused-ring (bicyclic) bond motifs is 1. The van der Waals surface area contributed by atoms with Gasteiger partial charge in [0.25, 0.3) is 0 Å². The van der Waals surface area contributed by atoms with Crippen LogP contribution in [-0.4, -0.2) is 16.9 Å². The highest BCUT2D eigenvalue weighted by Crippen LogP contribution is 2.35. The van der Waals surface area contributed by atoms with Crippen molar-refractivity contribution < 1.29 is 27.5 Å². The predicted octanol–water partition coefficient (Wildman–Crippen LogP) is 6.36. The molecule has 0 aliphatic carbocycles. The van der Waals surface area contributed by atoms with Crippen molar-refractivity contribution in [3.8, 4) is 0 Å². The fourth-order valence-electron chi connectivity index (χ4n) is 3.25. The van der Waals surface area contributed by atoms with E-state index in [1.807, 2.05) is 30.3 Å². The lowest BCUT2D eigenvalue weighted by atomic mass is 10.1. The first kappa shape index (κ1) is 22.5. The molecule has 5 nitrogen and oxygen atoms in total. The number of benzene rings is 3. The quantitative estimate of drug-likeness (QED) is 0.319. The number of carbonyl (C=O) groups excluding carboxylic acids is 2. The Bertz CT molecular complexity index is 1330. The van der Waals surface area contributed by atoms with Gasteiger partial charge in [-0.15, -0.1) is 11.3 Å². The minimum Gasteiger partial charge on any atom is -0.456 e. The molecule has 0 saturated heterocycles. The molecular weight excluding hydrogens is 453 g/mol. The summed E-state index contributed by atoms with van der Waals surface area (Å²) in [5, 5.41) is 3.67. The van der Waals surface area contributed by atoms with Gasteiger partial charge in [-0.25, -0.2) is 9.78 Å². The Hall–Kier alpha value is -3.72. The third-order valence-electron chi connectivity index (χ3n) is 4.81. The summed E-state index contributed by atoms with van der Waals surface area (Å²) >= 11 is 1.06. The zero-order chi connectivity index (χ0) is 23.6. The number of aromatic nitrogens is 1. The molecule has 0 bridgehead atoms. The second kappa shape index (κ2) is 9.03. The summed E-state index contributed by atoms with van der Waals surface area (Å²) in [6, 6.07) is 17.3. The smallest absolute Gasteiger partial charge is 0.416 e. The van der Waals surface area contributed by atoms with Crippen LogP contribution in [0.15, 0.2) is 72.1 Å². The number of hydrogen-bond acceptors (Lipinski definition) is 5. The molecule has 33 heavy (non-hydrogen) atoms. The van der Waals surface area contributed by atoms with E-state index in [0.717, 1.165) is 39.1 Å². The third-order valence-corrected chi connectivity index (χ3v) is 5.69. The summed E-state index contributed by atoms with van der Waals surface area (Å²) in [5.41, 5.74) is -0.0559. The number of thiazole rings is 1. The summed E-state index contributed by atoms with van der Waals surface area (Å²) in [7, 11) is 0. The molecule has 1 amide bonds. The average molecular weight is 470 g/mol. The molecule has 1 aromatic heterocycles. The van der Waals surface area contributed by atoms with E-state index in [-0.39, 0.29) is 17.4 Å². The summed E-state index contributed by atoms with van der Waals surface area (Å²) in [4.78, 5) is 30.0. The summed E-state index contributed by atoms with van der Waals surface area (Å²) in [5.74, 6) is -1.03. The second-order valence-corrected chi connectivity index (χ2v) is 8.00. The number of carbonyl (C=O) groups is 2. The van der Waals surface area contributed by atoms with Crippen molar-refractivity contribution >= 4 is 44.8 Å². The maximum absolute atomic E-state index is 13.1. The van der Waals surface area contributed by atoms with Gasteiger partial charge < -0.3 is 4.74 Å². The lowest BCUT2D eigenvalue weighted by molar-refractivity contribution is -0.137. The number of rotatable bonds is 5. The van der Waals surface area contributed by atoms with Crippen LogP contribution in [0, 0.1) is 0 Å². The molecular formula is C24H17F3N2O3S. The Labute approximate surface area is 191 Å². The zero-order valence-electron chi connectivity index (χ0n) is 17.3. The van der Waals surface area contributed by atoms with E-state index in [9.17, 15) is 22.8 Å². The normalized spacial score (nSPS) is 11.4. The molecule has 0 atom stereocenters. The minimum atomic E-state index is -4.54. The van der Waals surface area contributed by atoms with Gasteiger partial charge in [0.1, 0.15) is 6.61 Å². The summed E-state index contributed by atoms with van der Waals surface area (Å²) in [6.07, 6.45) is -4.54. The molecule has 0 radical (unpaired) electrons. The van der Waals surface area contributed by atoms with Crippen molar-refractivity contribution in [2.24, 2.45) is 0 Å². The van der Waals surface area contributed by atoms with Gasteiger partial charge in [-0.05, 0) is 41.1 Å². The number of amides is 1. The molecule has 0 spiro atoms. The van der Waals surface area contributed by atoms with E-state index in [4.69, 9.17) is 4.74 Å². The van der Waals surface area contributed by atoms with Gasteiger partial charge in [0.2, 0.25) is 5.91 Å². The lowest BCUT2D eigenvalue weighted by Crippen LogP contribution is -2.23. The van der Waals surface area contributed by atoms with Gasteiger partial charge >= 0.3 is 12.1 Å². The van der Waals surface area contributed by atoms with Crippen molar-refractivity contribution in [2.75, 3.05) is 4.90 Å². The van der Waals surface area contributed by atoms with E-state index >= 15 is 0 Å². The molecule has 0 aliphatic rings. The molecule has 3 aromatic carbocycles. The summed E-state index contributed by atoms with van der Waals surface area (Å²) < 4.78 is 44.6. The highest BCUT2D eigenvalue weighted by molar-refractivity contribution is 7.14. The van der Waals surface area contributed by atoms with Crippen molar-refractivity contribution in [3.05, 3.63) is 88.9 Å². The number of esters is 1. The van der Waals surface area contributed by atoms with Crippen molar-refractivity contribution in [2.45, 2.75) is 19.7 Å². The average Bonchev–Trinajstić information content (AvgIpc) is 3.25. The molecule has 4 aromatic rings. The van der Waals surface area contributed by atoms with Crippen LogP contribution in [0.2, 0.25) is 0 Å². The van der Waals surface area contributed by atoms with Crippen molar-refractivity contribution in [1.29, 1.82) is 0 Å². The molecule has 4 rings (SSSR count). The molecule has 1 heterocycles. The van der Waals surface area contributed by atoms with Crippen LogP contribution in [0.4, 0.5) is 24.0 Å². The molecule has 0 fully saturated rings. The Balaban J connectivity index is 1.50. The van der Waals surface area contributed by atoms with E-state index < -0.39 is 23.6 Å². The van der Waals surface area contributed by atoms with Crippen LogP contribution < -0.4 is 4.90 Å². The molecule has 0 N–H and O–H groups in total. The van der Waals surface area contributed by atoms with Gasteiger partial charge in [-0.2, -0.15) is 13.2 Å². The largest absolute Gasteiger partial charge is 0.456 e. The fraction of sp³-hybridized carbons (Fsp3) is 0.125. The number of alkyl halides is 3. The molecule has 168 valence electrons. The SMILES string of the molecule is CC(=O)N(c1cccc(C(F)(F)F)c1)c1nc(COC(=O)c2ccc3ccccc3c2)cs1. The van der Waals surface area contributed by atoms with Gasteiger partial charge in [0, 0.05) is 12.3 Å². The maximum atomic E-state index is 13.1. The Kier molecular flexibility index (Phi) is 6.15.